The number of rotatable bonds is 9. The minimum Gasteiger partial charge on any atom is -0.395 e. The fourth-order valence-electron chi connectivity index (χ4n) is 1.57. The lowest BCUT2D eigenvalue weighted by molar-refractivity contribution is 0.118. The van der Waals surface area contributed by atoms with Crippen LogP contribution in [0.4, 0.5) is 0 Å². The maximum Gasteiger partial charge on any atom is 0.0589 e. The van der Waals surface area contributed by atoms with Crippen LogP contribution in [-0.2, 0) is 4.74 Å². The van der Waals surface area contributed by atoms with E-state index in [9.17, 15) is 0 Å². The maximum absolute atomic E-state index is 8.91. The summed E-state index contributed by atoms with van der Waals surface area (Å²) in [7, 11) is 1.72. The molecule has 0 aliphatic heterocycles. The first-order valence-corrected chi connectivity index (χ1v) is 5.60. The van der Waals surface area contributed by atoms with Crippen LogP contribution in [0.15, 0.2) is 0 Å². The Balaban J connectivity index is 3.80. The summed E-state index contributed by atoms with van der Waals surface area (Å²) in [6.45, 7) is 8.21. The second-order valence-electron chi connectivity index (χ2n) is 3.70. The van der Waals surface area contributed by atoms with Crippen LogP contribution in [0.25, 0.3) is 0 Å². The third kappa shape index (κ3) is 6.35. The van der Waals surface area contributed by atoms with E-state index < -0.39 is 0 Å². The standard InChI is InChI=1S/C11H25NO2/c1-4-11(5-2)10-12(6-8-13)7-9-14-3/h11,13H,4-10H2,1-3H3. The third-order valence-electron chi connectivity index (χ3n) is 2.70. The first-order chi connectivity index (χ1) is 6.78. The first kappa shape index (κ1) is 13.9. The molecule has 0 spiro atoms. The van der Waals surface area contributed by atoms with Gasteiger partial charge in [-0.3, -0.25) is 4.90 Å². The van der Waals surface area contributed by atoms with Gasteiger partial charge in [-0.1, -0.05) is 26.7 Å². The number of aliphatic hydroxyl groups is 1. The van der Waals surface area contributed by atoms with Gasteiger partial charge in [-0.25, -0.2) is 0 Å². The molecule has 0 aliphatic rings. The highest BCUT2D eigenvalue weighted by Crippen LogP contribution is 2.09. The van der Waals surface area contributed by atoms with Crippen LogP contribution in [0.3, 0.4) is 0 Å². The molecule has 0 heterocycles. The molecule has 0 aromatic heterocycles. The van der Waals surface area contributed by atoms with Crippen LogP contribution in [0.5, 0.6) is 0 Å². The molecule has 0 aromatic carbocycles. The Hall–Kier alpha value is -0.120. The highest BCUT2D eigenvalue weighted by molar-refractivity contribution is 4.63. The molecule has 0 fully saturated rings. The van der Waals surface area contributed by atoms with Crippen molar-refractivity contribution in [3.63, 3.8) is 0 Å². The van der Waals surface area contributed by atoms with E-state index in [4.69, 9.17) is 9.84 Å². The van der Waals surface area contributed by atoms with E-state index in [1.54, 1.807) is 7.11 Å². The Morgan fingerprint density at radius 2 is 1.86 bits per heavy atom. The molecule has 3 nitrogen and oxygen atoms in total. The molecular weight excluding hydrogens is 178 g/mol. The second kappa shape index (κ2) is 9.44. The van der Waals surface area contributed by atoms with Crippen molar-refractivity contribution in [2.75, 3.05) is 40.0 Å². The lowest BCUT2D eigenvalue weighted by Crippen LogP contribution is -2.34. The van der Waals surface area contributed by atoms with E-state index in [0.29, 0.717) is 0 Å². The van der Waals surface area contributed by atoms with Crippen LogP contribution < -0.4 is 0 Å². The van der Waals surface area contributed by atoms with E-state index in [2.05, 4.69) is 18.7 Å². The van der Waals surface area contributed by atoms with Crippen molar-refractivity contribution in [3.05, 3.63) is 0 Å². The summed E-state index contributed by atoms with van der Waals surface area (Å²) >= 11 is 0. The van der Waals surface area contributed by atoms with Gasteiger partial charge in [-0.05, 0) is 5.92 Å². The minimum absolute atomic E-state index is 0.240. The maximum atomic E-state index is 8.91. The highest BCUT2D eigenvalue weighted by atomic mass is 16.5. The minimum atomic E-state index is 0.240. The fourth-order valence-corrected chi connectivity index (χ4v) is 1.57. The molecule has 3 heteroatoms. The average molecular weight is 203 g/mol. The number of ether oxygens (including phenoxy) is 1. The molecule has 0 rings (SSSR count). The Labute approximate surface area is 88.1 Å². The summed E-state index contributed by atoms with van der Waals surface area (Å²) in [6, 6.07) is 0. The zero-order valence-electron chi connectivity index (χ0n) is 9.83. The van der Waals surface area contributed by atoms with Gasteiger partial charge >= 0.3 is 0 Å². The van der Waals surface area contributed by atoms with Crippen LogP contribution in [-0.4, -0.2) is 50.0 Å². The van der Waals surface area contributed by atoms with Crippen molar-refractivity contribution in [2.24, 2.45) is 5.92 Å². The number of aliphatic hydroxyl groups excluding tert-OH is 1. The van der Waals surface area contributed by atoms with Gasteiger partial charge in [0.15, 0.2) is 0 Å². The molecule has 0 aliphatic carbocycles. The molecular formula is C11H25NO2. The summed E-state index contributed by atoms with van der Waals surface area (Å²) < 4.78 is 5.04. The summed E-state index contributed by atoms with van der Waals surface area (Å²) in [4.78, 5) is 2.28. The SMILES string of the molecule is CCC(CC)CN(CCO)CCOC. The van der Waals surface area contributed by atoms with Crippen molar-refractivity contribution >= 4 is 0 Å². The van der Waals surface area contributed by atoms with Gasteiger partial charge in [-0.2, -0.15) is 0 Å². The zero-order valence-corrected chi connectivity index (χ0v) is 9.83. The van der Waals surface area contributed by atoms with Gasteiger partial charge in [-0.15, -0.1) is 0 Å². The molecule has 14 heavy (non-hydrogen) atoms. The number of nitrogens with zero attached hydrogens (tertiary/aromatic N) is 1. The first-order valence-electron chi connectivity index (χ1n) is 5.60. The smallest absolute Gasteiger partial charge is 0.0589 e. The molecule has 0 aromatic rings. The third-order valence-corrected chi connectivity index (χ3v) is 2.70. The Morgan fingerprint density at radius 1 is 1.21 bits per heavy atom. The van der Waals surface area contributed by atoms with E-state index >= 15 is 0 Å². The summed E-state index contributed by atoms with van der Waals surface area (Å²) in [5.74, 6) is 0.749. The van der Waals surface area contributed by atoms with Crippen molar-refractivity contribution in [1.29, 1.82) is 0 Å². The summed E-state index contributed by atoms with van der Waals surface area (Å²) in [6.07, 6.45) is 2.43. The second-order valence-corrected chi connectivity index (χ2v) is 3.70. The van der Waals surface area contributed by atoms with Crippen molar-refractivity contribution in [3.8, 4) is 0 Å². The van der Waals surface area contributed by atoms with E-state index in [-0.39, 0.29) is 6.61 Å². The fraction of sp³-hybridized carbons (Fsp3) is 1.00. The normalized spacial score (nSPS) is 11.6. The topological polar surface area (TPSA) is 32.7 Å². The van der Waals surface area contributed by atoms with E-state index in [1.165, 1.54) is 12.8 Å². The summed E-state index contributed by atoms with van der Waals surface area (Å²) in [5, 5.41) is 8.91. The van der Waals surface area contributed by atoms with Crippen molar-refractivity contribution < 1.29 is 9.84 Å². The predicted octanol–water partition coefficient (Wildman–Crippen LogP) is 1.36. The number of methoxy groups -OCH3 is 1. The van der Waals surface area contributed by atoms with Crippen LogP contribution in [0, 0.1) is 5.92 Å². The molecule has 86 valence electrons. The molecule has 0 radical (unpaired) electrons. The van der Waals surface area contributed by atoms with Crippen LogP contribution in [0.1, 0.15) is 26.7 Å². The van der Waals surface area contributed by atoms with Gasteiger partial charge in [0.1, 0.15) is 0 Å². The van der Waals surface area contributed by atoms with Crippen molar-refractivity contribution in [1.82, 2.24) is 4.90 Å². The number of hydrogen-bond acceptors (Lipinski definition) is 3. The van der Waals surface area contributed by atoms with E-state index in [0.717, 1.165) is 32.2 Å². The van der Waals surface area contributed by atoms with Gasteiger partial charge in [0.25, 0.3) is 0 Å². The molecule has 0 amide bonds. The van der Waals surface area contributed by atoms with E-state index in [1.807, 2.05) is 0 Å². The Bertz CT molecular complexity index is 116. The van der Waals surface area contributed by atoms with Gasteiger partial charge in [0.05, 0.1) is 13.2 Å². The van der Waals surface area contributed by atoms with Gasteiger partial charge in [0.2, 0.25) is 0 Å². The lowest BCUT2D eigenvalue weighted by atomic mass is 10.0. The molecule has 0 saturated heterocycles. The monoisotopic (exact) mass is 203 g/mol. The average Bonchev–Trinajstić information content (AvgIpc) is 2.22. The van der Waals surface area contributed by atoms with Crippen LogP contribution >= 0.6 is 0 Å². The molecule has 1 N–H and O–H groups in total. The van der Waals surface area contributed by atoms with Crippen molar-refractivity contribution in [2.45, 2.75) is 26.7 Å². The highest BCUT2D eigenvalue weighted by Gasteiger charge is 2.10. The largest absolute Gasteiger partial charge is 0.395 e. The lowest BCUT2D eigenvalue weighted by Gasteiger charge is -2.25. The zero-order chi connectivity index (χ0) is 10.8. The van der Waals surface area contributed by atoms with Gasteiger partial charge in [0, 0.05) is 26.7 Å². The molecule has 0 atom stereocenters. The summed E-state index contributed by atoms with van der Waals surface area (Å²) in [5.41, 5.74) is 0. The van der Waals surface area contributed by atoms with Gasteiger partial charge < -0.3 is 9.84 Å². The Morgan fingerprint density at radius 3 is 2.29 bits per heavy atom. The quantitative estimate of drug-likeness (QED) is 0.614. The predicted molar refractivity (Wildman–Crippen MR) is 59.5 cm³/mol. The van der Waals surface area contributed by atoms with Crippen LogP contribution in [0.2, 0.25) is 0 Å². The molecule has 0 unspecified atom stereocenters. The number of hydrogen-bond donors (Lipinski definition) is 1. The molecule has 0 bridgehead atoms. The molecule has 0 saturated carbocycles. The Kier molecular flexibility index (Phi) is 9.35.